The Labute approximate surface area is 171 Å². The van der Waals surface area contributed by atoms with E-state index in [1.54, 1.807) is 22.9 Å². The van der Waals surface area contributed by atoms with Crippen LogP contribution >= 0.6 is 11.6 Å². The molecule has 6 nitrogen and oxygen atoms in total. The third kappa shape index (κ3) is 3.97. The number of methoxy groups -OCH3 is 1. The molecule has 1 aliphatic heterocycles. The minimum Gasteiger partial charge on any atom is -0.490 e. The number of aryl methyl sites for hydroxylation is 1. The monoisotopic (exact) mass is 415 g/mol. The van der Waals surface area contributed by atoms with Gasteiger partial charge in [0.2, 0.25) is 11.7 Å². The van der Waals surface area contributed by atoms with Crippen molar-refractivity contribution < 1.29 is 13.9 Å². The fourth-order valence-electron chi connectivity index (χ4n) is 3.28. The maximum absolute atomic E-state index is 13.5. The summed E-state index contributed by atoms with van der Waals surface area (Å²) in [5.74, 6) is -0.0265. The van der Waals surface area contributed by atoms with E-state index in [0.717, 1.165) is 27.9 Å². The molecule has 0 fully saturated rings. The summed E-state index contributed by atoms with van der Waals surface area (Å²) >= 11 is 5.91. The highest BCUT2D eigenvalue weighted by Gasteiger charge is 2.16. The van der Waals surface area contributed by atoms with E-state index in [1.807, 2.05) is 13.0 Å². The molecule has 0 bridgehead atoms. The number of hydrogen-bond acceptors (Lipinski definition) is 5. The SMILES string of the molecule is COc1cn(Cc2ccc(F)c(Cl)c2)c(Nc2cc3c(cc2C)COC3)nc1=O. The fraction of sp³-hybridized carbons (Fsp3) is 0.238. The first kappa shape index (κ1) is 19.4. The van der Waals surface area contributed by atoms with Crippen LogP contribution in [0.1, 0.15) is 22.3 Å². The molecule has 1 N–H and O–H groups in total. The van der Waals surface area contributed by atoms with Crippen molar-refractivity contribution in [3.63, 3.8) is 0 Å². The van der Waals surface area contributed by atoms with Gasteiger partial charge < -0.3 is 19.4 Å². The largest absolute Gasteiger partial charge is 0.490 e. The number of nitrogens with zero attached hydrogens (tertiary/aromatic N) is 2. The summed E-state index contributed by atoms with van der Waals surface area (Å²) in [6, 6.07) is 8.56. The summed E-state index contributed by atoms with van der Waals surface area (Å²) in [6.45, 7) is 3.46. The number of rotatable bonds is 5. The Balaban J connectivity index is 1.73. The maximum Gasteiger partial charge on any atom is 0.316 e. The highest BCUT2D eigenvalue weighted by molar-refractivity contribution is 6.30. The van der Waals surface area contributed by atoms with Crippen LogP contribution < -0.4 is 15.6 Å². The summed E-state index contributed by atoms with van der Waals surface area (Å²) < 4.78 is 25.8. The Hall–Kier alpha value is -2.90. The van der Waals surface area contributed by atoms with Crippen molar-refractivity contribution in [3.05, 3.63) is 80.0 Å². The van der Waals surface area contributed by atoms with Gasteiger partial charge in [-0.1, -0.05) is 23.7 Å². The van der Waals surface area contributed by atoms with Gasteiger partial charge in [0.05, 0.1) is 38.1 Å². The lowest BCUT2D eigenvalue weighted by molar-refractivity contribution is 0.134. The molecule has 150 valence electrons. The van der Waals surface area contributed by atoms with Crippen molar-refractivity contribution in [1.29, 1.82) is 0 Å². The number of anilines is 2. The average Bonchev–Trinajstić information content (AvgIpc) is 3.14. The number of ether oxygens (including phenoxy) is 2. The van der Waals surface area contributed by atoms with Crippen molar-refractivity contribution in [1.82, 2.24) is 9.55 Å². The number of halogens is 2. The Kier molecular flexibility index (Phi) is 5.25. The van der Waals surface area contributed by atoms with Gasteiger partial charge in [0.25, 0.3) is 0 Å². The summed E-state index contributed by atoms with van der Waals surface area (Å²) in [5.41, 5.74) is 4.38. The molecule has 0 spiro atoms. The van der Waals surface area contributed by atoms with Crippen LogP contribution in [0.2, 0.25) is 5.02 Å². The molecule has 1 aromatic heterocycles. The van der Waals surface area contributed by atoms with Gasteiger partial charge in [-0.15, -0.1) is 0 Å². The van der Waals surface area contributed by atoms with E-state index in [-0.39, 0.29) is 10.8 Å². The second-order valence-corrected chi connectivity index (χ2v) is 7.28. The van der Waals surface area contributed by atoms with Crippen LogP contribution in [0.3, 0.4) is 0 Å². The van der Waals surface area contributed by atoms with Gasteiger partial charge in [0.15, 0.2) is 0 Å². The Morgan fingerprint density at radius 1 is 1.28 bits per heavy atom. The molecule has 3 aromatic rings. The molecular weight excluding hydrogens is 397 g/mol. The fourth-order valence-corrected chi connectivity index (χ4v) is 3.48. The second-order valence-electron chi connectivity index (χ2n) is 6.87. The van der Waals surface area contributed by atoms with Gasteiger partial charge >= 0.3 is 5.56 Å². The molecular formula is C21H19ClFN3O3. The van der Waals surface area contributed by atoms with Gasteiger partial charge in [0, 0.05) is 5.69 Å². The van der Waals surface area contributed by atoms with E-state index in [1.165, 1.54) is 13.2 Å². The molecule has 0 radical (unpaired) electrons. The van der Waals surface area contributed by atoms with Crippen molar-refractivity contribution in [2.24, 2.45) is 0 Å². The molecule has 1 aliphatic rings. The van der Waals surface area contributed by atoms with Gasteiger partial charge in [0.1, 0.15) is 5.82 Å². The summed E-state index contributed by atoms with van der Waals surface area (Å²) in [6.07, 6.45) is 1.57. The van der Waals surface area contributed by atoms with Crippen LogP contribution in [0.15, 0.2) is 41.3 Å². The average molecular weight is 416 g/mol. The van der Waals surface area contributed by atoms with Gasteiger partial charge in [-0.25, -0.2) is 4.39 Å². The number of hydrogen-bond donors (Lipinski definition) is 1. The molecule has 4 rings (SSSR count). The summed E-state index contributed by atoms with van der Waals surface area (Å²) in [7, 11) is 1.41. The molecule has 0 saturated carbocycles. The zero-order valence-electron chi connectivity index (χ0n) is 16.0. The highest BCUT2D eigenvalue weighted by atomic mass is 35.5. The van der Waals surface area contributed by atoms with Crippen LogP contribution in [-0.2, 0) is 24.5 Å². The van der Waals surface area contributed by atoms with Crippen LogP contribution in [0, 0.1) is 12.7 Å². The standard InChI is InChI=1S/C21H19ClFN3O3/c1-12-5-14-10-29-11-15(14)7-18(12)24-21-25-20(27)19(28-2)9-26(21)8-13-3-4-17(23)16(22)6-13/h3-7,9H,8,10-11H2,1-2H3,(H,24,25,27). The van der Waals surface area contributed by atoms with Crippen molar-refractivity contribution in [3.8, 4) is 5.75 Å². The Morgan fingerprint density at radius 2 is 2.03 bits per heavy atom. The molecule has 2 aromatic carbocycles. The van der Waals surface area contributed by atoms with Crippen molar-refractivity contribution in [2.75, 3.05) is 12.4 Å². The quantitative estimate of drug-likeness (QED) is 0.677. The lowest BCUT2D eigenvalue weighted by Crippen LogP contribution is -2.19. The minimum atomic E-state index is -0.486. The van der Waals surface area contributed by atoms with Crippen LogP contribution in [0.5, 0.6) is 5.75 Å². The van der Waals surface area contributed by atoms with Crippen LogP contribution in [0.25, 0.3) is 0 Å². The smallest absolute Gasteiger partial charge is 0.316 e. The predicted molar refractivity (Wildman–Crippen MR) is 109 cm³/mol. The van der Waals surface area contributed by atoms with E-state index in [4.69, 9.17) is 21.1 Å². The van der Waals surface area contributed by atoms with Crippen molar-refractivity contribution in [2.45, 2.75) is 26.7 Å². The molecule has 0 unspecified atom stereocenters. The molecule has 0 amide bonds. The van der Waals surface area contributed by atoms with Gasteiger partial charge in [-0.05, 0) is 47.4 Å². The lowest BCUT2D eigenvalue weighted by Gasteiger charge is -2.17. The van der Waals surface area contributed by atoms with E-state index in [2.05, 4.69) is 16.4 Å². The molecule has 2 heterocycles. The first-order valence-corrected chi connectivity index (χ1v) is 9.39. The predicted octanol–water partition coefficient (Wildman–Crippen LogP) is 4.17. The highest BCUT2D eigenvalue weighted by Crippen LogP contribution is 2.29. The lowest BCUT2D eigenvalue weighted by atomic mass is 10.1. The first-order valence-electron chi connectivity index (χ1n) is 9.01. The number of fused-ring (bicyclic) bond motifs is 1. The third-order valence-corrected chi connectivity index (χ3v) is 5.12. The number of aromatic nitrogens is 2. The topological polar surface area (TPSA) is 65.4 Å². The number of benzene rings is 2. The zero-order chi connectivity index (χ0) is 20.5. The van der Waals surface area contributed by atoms with Gasteiger partial charge in [-0.3, -0.25) is 4.79 Å². The normalized spacial score (nSPS) is 12.7. The Bertz CT molecular complexity index is 1150. The molecule has 29 heavy (non-hydrogen) atoms. The third-order valence-electron chi connectivity index (χ3n) is 4.83. The molecule has 0 atom stereocenters. The van der Waals surface area contributed by atoms with E-state index >= 15 is 0 Å². The zero-order valence-corrected chi connectivity index (χ0v) is 16.7. The van der Waals surface area contributed by atoms with E-state index in [0.29, 0.717) is 25.7 Å². The van der Waals surface area contributed by atoms with Crippen LogP contribution in [0.4, 0.5) is 16.0 Å². The van der Waals surface area contributed by atoms with Crippen molar-refractivity contribution >= 4 is 23.2 Å². The summed E-state index contributed by atoms with van der Waals surface area (Å²) in [4.78, 5) is 16.4. The number of nitrogens with one attached hydrogen (secondary N) is 1. The Morgan fingerprint density at radius 3 is 2.76 bits per heavy atom. The second kappa shape index (κ2) is 7.85. The maximum atomic E-state index is 13.5. The van der Waals surface area contributed by atoms with E-state index < -0.39 is 11.4 Å². The molecule has 0 saturated heterocycles. The molecule has 0 aliphatic carbocycles. The summed E-state index contributed by atoms with van der Waals surface area (Å²) in [5, 5.41) is 3.28. The van der Waals surface area contributed by atoms with Crippen LogP contribution in [-0.4, -0.2) is 16.7 Å². The first-order chi connectivity index (χ1) is 13.9. The van der Waals surface area contributed by atoms with Gasteiger partial charge in [-0.2, -0.15) is 4.98 Å². The van der Waals surface area contributed by atoms with E-state index in [9.17, 15) is 9.18 Å². The minimum absolute atomic E-state index is 0.0347. The molecule has 8 heteroatoms.